The van der Waals surface area contributed by atoms with Crippen LogP contribution in [0.2, 0.25) is 5.02 Å². The first-order valence-corrected chi connectivity index (χ1v) is 8.92. The first-order chi connectivity index (χ1) is 11.4. The highest BCUT2D eigenvalue weighted by Gasteiger charge is 2.72. The molecule has 0 radical (unpaired) electrons. The predicted molar refractivity (Wildman–Crippen MR) is 85.7 cm³/mol. The van der Waals surface area contributed by atoms with Crippen molar-refractivity contribution < 1.29 is 17.6 Å². The number of hydrogen-bond donors (Lipinski definition) is 0. The average Bonchev–Trinajstić information content (AvgIpc) is 3.26. The number of aldehydes is 1. The zero-order chi connectivity index (χ0) is 17.5. The fraction of sp³-hybridized carbons (Fsp3) is 0.176. The molecule has 0 amide bonds. The van der Waals surface area contributed by atoms with Gasteiger partial charge in [-0.25, -0.2) is 12.8 Å². The van der Waals surface area contributed by atoms with Gasteiger partial charge in [-0.15, -0.1) is 0 Å². The normalized spacial score (nSPS) is 25.7. The molecule has 1 fully saturated rings. The van der Waals surface area contributed by atoms with Crippen LogP contribution in [0.25, 0.3) is 0 Å². The van der Waals surface area contributed by atoms with E-state index in [2.05, 4.69) is 0 Å². The highest BCUT2D eigenvalue weighted by molar-refractivity contribution is 7.92. The van der Waals surface area contributed by atoms with Gasteiger partial charge in [-0.2, -0.15) is 5.26 Å². The van der Waals surface area contributed by atoms with Gasteiger partial charge in [0.2, 0.25) is 0 Å². The lowest BCUT2D eigenvalue weighted by molar-refractivity contribution is -0.110. The molecule has 1 aliphatic rings. The maximum Gasteiger partial charge on any atom is 0.183 e. The first-order valence-electron chi connectivity index (χ1n) is 6.99. The van der Waals surface area contributed by atoms with Crippen molar-refractivity contribution in [3.8, 4) is 6.07 Å². The second-order valence-corrected chi connectivity index (χ2v) is 8.12. The standard InChI is InChI=1S/C17H11ClFNO3S/c18-12-4-6-14(7-5-12)24(22,23)16-15(17(16,9-20)10-21)11-2-1-3-13(19)8-11/h1-8,10,15-16H/t15-,16+,17-/m1/s1. The van der Waals surface area contributed by atoms with E-state index in [0.29, 0.717) is 16.9 Å². The monoisotopic (exact) mass is 363 g/mol. The molecule has 0 bridgehead atoms. The topological polar surface area (TPSA) is 75.0 Å². The fourth-order valence-electron chi connectivity index (χ4n) is 3.03. The van der Waals surface area contributed by atoms with Crippen molar-refractivity contribution in [2.45, 2.75) is 16.1 Å². The smallest absolute Gasteiger partial charge is 0.183 e. The Morgan fingerprint density at radius 1 is 1.21 bits per heavy atom. The summed E-state index contributed by atoms with van der Waals surface area (Å²) in [7, 11) is -3.96. The second-order valence-electron chi connectivity index (χ2n) is 5.61. The summed E-state index contributed by atoms with van der Waals surface area (Å²) in [5.41, 5.74) is -1.40. The summed E-state index contributed by atoms with van der Waals surface area (Å²) in [5.74, 6) is -1.46. The Bertz CT molecular complexity index is 953. The van der Waals surface area contributed by atoms with Crippen molar-refractivity contribution in [1.82, 2.24) is 0 Å². The molecule has 0 unspecified atom stereocenters. The molecular formula is C17H11ClFNO3S. The van der Waals surface area contributed by atoms with Crippen LogP contribution < -0.4 is 0 Å². The Labute approximate surface area is 143 Å². The molecule has 0 N–H and O–H groups in total. The number of benzene rings is 2. The Balaban J connectivity index is 2.10. The third kappa shape index (κ3) is 2.41. The number of nitrogens with zero attached hydrogens (tertiary/aromatic N) is 1. The predicted octanol–water partition coefficient (Wildman–Crippen LogP) is 3.13. The number of hydrogen-bond acceptors (Lipinski definition) is 4. The van der Waals surface area contributed by atoms with Crippen LogP contribution in [0.4, 0.5) is 4.39 Å². The Hall–Kier alpha value is -2.23. The molecule has 7 heteroatoms. The van der Waals surface area contributed by atoms with Crippen molar-refractivity contribution in [3.05, 3.63) is 64.9 Å². The second kappa shape index (κ2) is 5.69. The van der Waals surface area contributed by atoms with Gasteiger partial charge in [-0.1, -0.05) is 23.7 Å². The maximum atomic E-state index is 13.5. The number of sulfone groups is 1. The highest BCUT2D eigenvalue weighted by atomic mass is 35.5. The molecule has 122 valence electrons. The lowest BCUT2D eigenvalue weighted by Gasteiger charge is -2.04. The van der Waals surface area contributed by atoms with Gasteiger partial charge < -0.3 is 4.79 Å². The lowest BCUT2D eigenvalue weighted by Crippen LogP contribution is -2.16. The summed E-state index contributed by atoms with van der Waals surface area (Å²) < 4.78 is 39.2. The molecule has 1 saturated carbocycles. The molecule has 0 heterocycles. The number of carbonyl (C=O) groups is 1. The largest absolute Gasteiger partial charge is 0.302 e. The van der Waals surface area contributed by atoms with Gasteiger partial charge in [-0.3, -0.25) is 0 Å². The lowest BCUT2D eigenvalue weighted by atomic mass is 10.0. The van der Waals surface area contributed by atoms with E-state index in [-0.39, 0.29) is 4.90 Å². The van der Waals surface area contributed by atoms with Gasteiger partial charge in [-0.05, 0) is 42.0 Å². The third-order valence-corrected chi connectivity index (χ3v) is 6.76. The molecular weight excluding hydrogens is 353 g/mol. The van der Waals surface area contributed by atoms with Gasteiger partial charge in [0.25, 0.3) is 0 Å². The van der Waals surface area contributed by atoms with E-state index in [4.69, 9.17) is 11.6 Å². The van der Waals surface area contributed by atoms with Gasteiger partial charge in [0.1, 0.15) is 22.8 Å². The van der Waals surface area contributed by atoms with Gasteiger partial charge in [0.15, 0.2) is 9.84 Å². The zero-order valence-electron chi connectivity index (χ0n) is 12.2. The maximum absolute atomic E-state index is 13.5. The summed E-state index contributed by atoms with van der Waals surface area (Å²) in [5, 5.41) is 8.54. The van der Waals surface area contributed by atoms with E-state index < -0.39 is 32.2 Å². The van der Waals surface area contributed by atoms with E-state index in [1.165, 1.54) is 42.5 Å². The van der Waals surface area contributed by atoms with E-state index in [0.717, 1.165) is 6.07 Å². The summed E-state index contributed by atoms with van der Waals surface area (Å²) in [4.78, 5) is 11.5. The molecule has 2 aromatic carbocycles. The minimum absolute atomic E-state index is 0.0303. The van der Waals surface area contributed by atoms with Crippen LogP contribution >= 0.6 is 11.6 Å². The molecule has 24 heavy (non-hydrogen) atoms. The van der Waals surface area contributed by atoms with E-state index in [9.17, 15) is 22.9 Å². The minimum Gasteiger partial charge on any atom is -0.302 e. The molecule has 4 nitrogen and oxygen atoms in total. The van der Waals surface area contributed by atoms with E-state index in [1.54, 1.807) is 0 Å². The molecule has 2 aromatic rings. The molecule has 0 aliphatic heterocycles. The number of rotatable bonds is 4. The highest BCUT2D eigenvalue weighted by Crippen LogP contribution is 2.62. The first kappa shape index (κ1) is 16.6. The Kier molecular flexibility index (Phi) is 3.94. The van der Waals surface area contributed by atoms with Crippen molar-refractivity contribution in [1.29, 1.82) is 5.26 Å². The van der Waals surface area contributed by atoms with Crippen molar-refractivity contribution in [2.24, 2.45) is 5.41 Å². The van der Waals surface area contributed by atoms with Crippen LogP contribution in [0.5, 0.6) is 0 Å². The summed E-state index contributed by atoms with van der Waals surface area (Å²) in [6, 6.07) is 12.6. The summed E-state index contributed by atoms with van der Waals surface area (Å²) in [6.07, 6.45) is 0.348. The van der Waals surface area contributed by atoms with Gasteiger partial charge >= 0.3 is 0 Å². The number of nitriles is 1. The van der Waals surface area contributed by atoms with Crippen LogP contribution in [0.15, 0.2) is 53.4 Å². The summed E-state index contributed by atoms with van der Waals surface area (Å²) >= 11 is 5.76. The fourth-order valence-corrected chi connectivity index (χ4v) is 5.40. The van der Waals surface area contributed by atoms with Crippen LogP contribution in [-0.4, -0.2) is 20.0 Å². The van der Waals surface area contributed by atoms with Crippen LogP contribution in [-0.2, 0) is 14.6 Å². The van der Waals surface area contributed by atoms with Crippen molar-refractivity contribution in [3.63, 3.8) is 0 Å². The third-order valence-electron chi connectivity index (χ3n) is 4.25. The molecule has 0 aromatic heterocycles. The number of halogens is 2. The van der Waals surface area contributed by atoms with Crippen LogP contribution in [0.1, 0.15) is 11.5 Å². The Morgan fingerprint density at radius 2 is 1.88 bits per heavy atom. The zero-order valence-corrected chi connectivity index (χ0v) is 13.8. The molecule has 1 aliphatic carbocycles. The average molecular weight is 364 g/mol. The SMILES string of the molecule is N#C[C@@]1(C=O)[C@H](c2cccc(F)c2)[C@@H]1S(=O)(=O)c1ccc(Cl)cc1. The molecule has 0 saturated heterocycles. The van der Waals surface area contributed by atoms with Crippen molar-refractivity contribution in [2.75, 3.05) is 0 Å². The summed E-state index contributed by atoms with van der Waals surface area (Å²) in [6.45, 7) is 0. The molecule has 3 rings (SSSR count). The van der Waals surface area contributed by atoms with Gasteiger partial charge in [0.05, 0.1) is 11.0 Å². The van der Waals surface area contributed by atoms with Gasteiger partial charge in [0, 0.05) is 10.9 Å². The minimum atomic E-state index is -3.96. The Morgan fingerprint density at radius 3 is 2.42 bits per heavy atom. The van der Waals surface area contributed by atoms with E-state index >= 15 is 0 Å². The number of carbonyl (C=O) groups excluding carboxylic acids is 1. The molecule has 3 atom stereocenters. The van der Waals surface area contributed by atoms with Crippen molar-refractivity contribution >= 4 is 27.7 Å². The quantitative estimate of drug-likeness (QED) is 0.782. The molecule has 0 spiro atoms. The van der Waals surface area contributed by atoms with Crippen LogP contribution in [0.3, 0.4) is 0 Å². The van der Waals surface area contributed by atoms with Crippen LogP contribution in [0, 0.1) is 22.6 Å². The van der Waals surface area contributed by atoms with E-state index in [1.807, 2.05) is 6.07 Å².